The van der Waals surface area contributed by atoms with Crippen molar-refractivity contribution in [1.82, 2.24) is 4.57 Å². The number of hydrogen-bond donors (Lipinski definition) is 0. The summed E-state index contributed by atoms with van der Waals surface area (Å²) in [6.07, 6.45) is 0.345. The number of para-hydroxylation sites is 1. The van der Waals surface area contributed by atoms with Crippen molar-refractivity contribution in [2.75, 3.05) is 0 Å². The summed E-state index contributed by atoms with van der Waals surface area (Å²) < 4.78 is 3.25. The van der Waals surface area contributed by atoms with E-state index in [0.717, 1.165) is 27.1 Å². The molecule has 0 atom stereocenters. The Bertz CT molecular complexity index is 872. The van der Waals surface area contributed by atoms with Crippen LogP contribution in [0.2, 0.25) is 0 Å². The lowest BCUT2D eigenvalue weighted by atomic mass is 10.1. The number of aryl methyl sites for hydroxylation is 2. The van der Waals surface area contributed by atoms with E-state index in [-0.39, 0.29) is 5.91 Å². The largest absolute Gasteiger partial charge is 0.317 e. The number of thiazole rings is 1. The smallest absolute Gasteiger partial charge is 0.252 e. The number of benzene rings is 2. The molecule has 0 saturated carbocycles. The van der Waals surface area contributed by atoms with Gasteiger partial charge in [-0.15, -0.1) is 0 Å². The average molecular weight is 310 g/mol. The Balaban J connectivity index is 1.94. The molecule has 3 nitrogen and oxygen atoms in total. The Morgan fingerprint density at radius 3 is 2.59 bits per heavy atom. The maximum absolute atomic E-state index is 12.2. The van der Waals surface area contributed by atoms with Gasteiger partial charge in [0.1, 0.15) is 0 Å². The Kier molecular flexibility index (Phi) is 4.20. The first-order valence-electron chi connectivity index (χ1n) is 7.39. The van der Waals surface area contributed by atoms with Gasteiger partial charge in [0.05, 0.1) is 16.6 Å². The molecule has 0 bridgehead atoms. The van der Waals surface area contributed by atoms with Crippen LogP contribution in [-0.2, 0) is 17.8 Å². The van der Waals surface area contributed by atoms with Gasteiger partial charge >= 0.3 is 0 Å². The van der Waals surface area contributed by atoms with E-state index in [1.807, 2.05) is 43.3 Å². The van der Waals surface area contributed by atoms with Gasteiger partial charge in [-0.25, -0.2) is 0 Å². The molecule has 3 rings (SSSR count). The van der Waals surface area contributed by atoms with Gasteiger partial charge < -0.3 is 4.57 Å². The third-order valence-corrected chi connectivity index (χ3v) is 4.66. The normalized spacial score (nSPS) is 12.0. The molecule has 0 radical (unpaired) electrons. The predicted molar refractivity (Wildman–Crippen MR) is 90.9 cm³/mol. The standard InChI is InChI=1S/C18H18N2OS/c1-3-20-15-6-4-5-7-16(15)22-18(20)19-17(21)12-14-10-8-13(2)9-11-14/h4-11H,3,12H2,1-2H3. The molecule has 0 N–H and O–H groups in total. The first-order chi connectivity index (χ1) is 10.7. The van der Waals surface area contributed by atoms with Crippen LogP contribution in [0, 0.1) is 6.92 Å². The highest BCUT2D eigenvalue weighted by Gasteiger charge is 2.06. The van der Waals surface area contributed by atoms with Crippen molar-refractivity contribution in [2.45, 2.75) is 26.8 Å². The fourth-order valence-corrected chi connectivity index (χ4v) is 3.55. The molecule has 1 heterocycles. The van der Waals surface area contributed by atoms with Crippen molar-refractivity contribution in [1.29, 1.82) is 0 Å². The van der Waals surface area contributed by atoms with E-state index >= 15 is 0 Å². The van der Waals surface area contributed by atoms with E-state index in [2.05, 4.69) is 28.6 Å². The Labute approximate surface area is 133 Å². The summed E-state index contributed by atoms with van der Waals surface area (Å²) in [7, 11) is 0. The van der Waals surface area contributed by atoms with E-state index in [0.29, 0.717) is 6.42 Å². The van der Waals surface area contributed by atoms with Gasteiger partial charge in [-0.3, -0.25) is 4.79 Å². The minimum absolute atomic E-state index is 0.0994. The number of fused-ring (bicyclic) bond motifs is 1. The molecule has 2 aromatic carbocycles. The van der Waals surface area contributed by atoms with Crippen LogP contribution in [0.4, 0.5) is 0 Å². The fraction of sp³-hybridized carbons (Fsp3) is 0.222. The van der Waals surface area contributed by atoms with Crippen LogP contribution in [-0.4, -0.2) is 10.5 Å². The molecule has 0 aliphatic heterocycles. The summed E-state index contributed by atoms with van der Waals surface area (Å²) in [5.74, 6) is -0.0994. The highest BCUT2D eigenvalue weighted by molar-refractivity contribution is 7.16. The molecular weight excluding hydrogens is 292 g/mol. The SMILES string of the molecule is CCn1c(=NC(=O)Cc2ccc(C)cc2)sc2ccccc21. The monoisotopic (exact) mass is 310 g/mol. The van der Waals surface area contributed by atoms with Crippen LogP contribution in [0.1, 0.15) is 18.1 Å². The Morgan fingerprint density at radius 1 is 1.14 bits per heavy atom. The third-order valence-electron chi connectivity index (χ3n) is 3.60. The van der Waals surface area contributed by atoms with Crippen LogP contribution >= 0.6 is 11.3 Å². The van der Waals surface area contributed by atoms with Gasteiger partial charge in [0.25, 0.3) is 5.91 Å². The summed E-state index contributed by atoms with van der Waals surface area (Å²) in [6.45, 7) is 4.92. The quantitative estimate of drug-likeness (QED) is 0.726. The van der Waals surface area contributed by atoms with Crippen LogP contribution in [0.3, 0.4) is 0 Å². The maximum atomic E-state index is 12.2. The molecule has 0 spiro atoms. The van der Waals surface area contributed by atoms with Crippen molar-refractivity contribution in [3.05, 3.63) is 64.5 Å². The molecule has 0 fully saturated rings. The van der Waals surface area contributed by atoms with Crippen molar-refractivity contribution in [2.24, 2.45) is 4.99 Å². The average Bonchev–Trinajstić information content (AvgIpc) is 2.86. The topological polar surface area (TPSA) is 34.4 Å². The van der Waals surface area contributed by atoms with Crippen LogP contribution in [0.5, 0.6) is 0 Å². The van der Waals surface area contributed by atoms with E-state index in [1.165, 1.54) is 5.56 Å². The Hall–Kier alpha value is -2.20. The zero-order chi connectivity index (χ0) is 15.5. The maximum Gasteiger partial charge on any atom is 0.252 e. The number of aromatic nitrogens is 1. The number of hydrogen-bond acceptors (Lipinski definition) is 2. The van der Waals surface area contributed by atoms with E-state index in [4.69, 9.17) is 0 Å². The lowest BCUT2D eigenvalue weighted by Crippen LogP contribution is -2.16. The second kappa shape index (κ2) is 6.28. The fourth-order valence-electron chi connectivity index (χ4n) is 2.44. The third kappa shape index (κ3) is 3.02. The molecule has 3 aromatic rings. The molecule has 1 aromatic heterocycles. The summed E-state index contributed by atoms with van der Waals surface area (Å²) in [5.41, 5.74) is 3.34. The lowest BCUT2D eigenvalue weighted by Gasteiger charge is -2.00. The molecule has 0 aliphatic rings. The van der Waals surface area contributed by atoms with Crippen LogP contribution < -0.4 is 4.80 Å². The summed E-state index contributed by atoms with van der Waals surface area (Å²) in [4.78, 5) is 17.3. The zero-order valence-corrected chi connectivity index (χ0v) is 13.6. The molecule has 22 heavy (non-hydrogen) atoms. The number of carbonyl (C=O) groups is 1. The van der Waals surface area contributed by atoms with Gasteiger partial charge in [-0.2, -0.15) is 4.99 Å². The first-order valence-corrected chi connectivity index (χ1v) is 8.20. The van der Waals surface area contributed by atoms with Crippen molar-refractivity contribution in [3.63, 3.8) is 0 Å². The molecule has 4 heteroatoms. The molecular formula is C18H18N2OS. The Morgan fingerprint density at radius 2 is 1.86 bits per heavy atom. The highest BCUT2D eigenvalue weighted by Crippen LogP contribution is 2.16. The second-order valence-corrected chi connectivity index (χ2v) is 6.27. The van der Waals surface area contributed by atoms with E-state index in [9.17, 15) is 4.79 Å². The zero-order valence-electron chi connectivity index (χ0n) is 12.7. The number of carbonyl (C=O) groups excluding carboxylic acids is 1. The first kappa shape index (κ1) is 14.7. The number of rotatable bonds is 3. The molecule has 112 valence electrons. The summed E-state index contributed by atoms with van der Waals surface area (Å²) in [5, 5.41) is 0. The highest BCUT2D eigenvalue weighted by atomic mass is 32.1. The van der Waals surface area contributed by atoms with Crippen molar-refractivity contribution >= 4 is 27.5 Å². The summed E-state index contributed by atoms with van der Waals surface area (Å²) in [6, 6.07) is 16.2. The predicted octanol–water partition coefficient (Wildman–Crippen LogP) is 3.70. The van der Waals surface area contributed by atoms with Gasteiger partial charge in [0.15, 0.2) is 4.80 Å². The van der Waals surface area contributed by atoms with Crippen LogP contribution in [0.15, 0.2) is 53.5 Å². The van der Waals surface area contributed by atoms with Gasteiger partial charge in [-0.05, 0) is 31.5 Å². The van der Waals surface area contributed by atoms with E-state index < -0.39 is 0 Å². The molecule has 0 unspecified atom stereocenters. The van der Waals surface area contributed by atoms with E-state index in [1.54, 1.807) is 11.3 Å². The minimum atomic E-state index is -0.0994. The second-order valence-electron chi connectivity index (χ2n) is 5.26. The summed E-state index contributed by atoms with van der Waals surface area (Å²) >= 11 is 1.57. The molecule has 0 saturated heterocycles. The number of nitrogens with zero attached hydrogens (tertiary/aromatic N) is 2. The molecule has 0 aliphatic carbocycles. The van der Waals surface area contributed by atoms with Gasteiger partial charge in [-0.1, -0.05) is 53.3 Å². The molecule has 1 amide bonds. The number of amides is 1. The van der Waals surface area contributed by atoms with Crippen molar-refractivity contribution < 1.29 is 4.79 Å². The lowest BCUT2D eigenvalue weighted by molar-refractivity contribution is -0.117. The van der Waals surface area contributed by atoms with Gasteiger partial charge in [0.2, 0.25) is 0 Å². The minimum Gasteiger partial charge on any atom is -0.317 e. The van der Waals surface area contributed by atoms with Crippen LogP contribution in [0.25, 0.3) is 10.2 Å². The van der Waals surface area contributed by atoms with Crippen molar-refractivity contribution in [3.8, 4) is 0 Å². The van der Waals surface area contributed by atoms with Gasteiger partial charge in [0, 0.05) is 6.54 Å².